The van der Waals surface area contributed by atoms with Gasteiger partial charge >= 0.3 is 0 Å². The first kappa shape index (κ1) is 7.98. The molecule has 0 amide bonds. The number of hydrogen-bond donors (Lipinski definition) is 1. The topological polar surface area (TPSA) is 20.2 Å². The van der Waals surface area contributed by atoms with E-state index in [2.05, 4.69) is 0 Å². The molecule has 0 aromatic carbocycles. The van der Waals surface area contributed by atoms with Crippen molar-refractivity contribution in [1.82, 2.24) is 0 Å². The van der Waals surface area contributed by atoms with Crippen LogP contribution in [0.25, 0.3) is 0 Å². The van der Waals surface area contributed by atoms with E-state index in [1.54, 1.807) is 22.7 Å². The van der Waals surface area contributed by atoms with Crippen molar-refractivity contribution < 1.29 is 5.11 Å². The zero-order chi connectivity index (χ0) is 8.39. The standard InChI is InChI=1S/C9H8OS2/c10-9(7-3-5-11-6-7)8-2-1-4-12-8/h1-6,9-10H/t9-/m0/s1. The fourth-order valence-corrected chi connectivity index (χ4v) is 2.46. The van der Waals surface area contributed by atoms with Gasteiger partial charge in [0.15, 0.2) is 0 Å². The minimum Gasteiger partial charge on any atom is -0.383 e. The molecule has 1 N–H and O–H groups in total. The van der Waals surface area contributed by atoms with Gasteiger partial charge in [0.2, 0.25) is 0 Å². The van der Waals surface area contributed by atoms with Gasteiger partial charge in [0.1, 0.15) is 6.10 Å². The molecule has 0 fully saturated rings. The monoisotopic (exact) mass is 196 g/mol. The summed E-state index contributed by atoms with van der Waals surface area (Å²) in [6.45, 7) is 0. The average molecular weight is 196 g/mol. The van der Waals surface area contributed by atoms with Gasteiger partial charge in [0.25, 0.3) is 0 Å². The van der Waals surface area contributed by atoms with Gasteiger partial charge in [0.05, 0.1) is 0 Å². The van der Waals surface area contributed by atoms with E-state index in [9.17, 15) is 5.11 Å². The molecule has 0 bridgehead atoms. The van der Waals surface area contributed by atoms with Gasteiger partial charge in [-0.3, -0.25) is 0 Å². The zero-order valence-corrected chi connectivity index (χ0v) is 7.94. The van der Waals surface area contributed by atoms with Gasteiger partial charge in [-0.05, 0) is 33.8 Å². The second-order valence-corrected chi connectivity index (χ2v) is 4.23. The van der Waals surface area contributed by atoms with Crippen molar-refractivity contribution in [2.75, 3.05) is 0 Å². The summed E-state index contributed by atoms with van der Waals surface area (Å²) < 4.78 is 0. The lowest BCUT2D eigenvalue weighted by molar-refractivity contribution is 0.224. The third-order valence-electron chi connectivity index (χ3n) is 1.67. The van der Waals surface area contributed by atoms with Crippen LogP contribution in [0.15, 0.2) is 34.3 Å². The molecule has 2 aromatic rings. The molecule has 1 nitrogen and oxygen atoms in total. The molecule has 62 valence electrons. The van der Waals surface area contributed by atoms with Crippen molar-refractivity contribution in [2.24, 2.45) is 0 Å². The predicted molar refractivity (Wildman–Crippen MR) is 52.7 cm³/mol. The van der Waals surface area contributed by atoms with E-state index < -0.39 is 6.10 Å². The van der Waals surface area contributed by atoms with Crippen LogP contribution in [-0.2, 0) is 0 Å². The smallest absolute Gasteiger partial charge is 0.114 e. The van der Waals surface area contributed by atoms with Crippen LogP contribution in [0.1, 0.15) is 16.5 Å². The minimum atomic E-state index is -0.434. The highest BCUT2D eigenvalue weighted by molar-refractivity contribution is 7.10. The molecule has 0 aliphatic heterocycles. The van der Waals surface area contributed by atoms with E-state index in [0.717, 1.165) is 10.4 Å². The highest BCUT2D eigenvalue weighted by Crippen LogP contribution is 2.26. The van der Waals surface area contributed by atoms with Crippen molar-refractivity contribution in [2.45, 2.75) is 6.10 Å². The van der Waals surface area contributed by atoms with Crippen molar-refractivity contribution >= 4 is 22.7 Å². The molecule has 0 aliphatic rings. The summed E-state index contributed by atoms with van der Waals surface area (Å²) in [5, 5.41) is 15.7. The fourth-order valence-electron chi connectivity index (χ4n) is 1.04. The number of hydrogen-bond acceptors (Lipinski definition) is 3. The van der Waals surface area contributed by atoms with Crippen LogP contribution in [0.2, 0.25) is 0 Å². The molecule has 0 aliphatic carbocycles. The van der Waals surface area contributed by atoms with Crippen molar-refractivity contribution in [3.63, 3.8) is 0 Å². The summed E-state index contributed by atoms with van der Waals surface area (Å²) in [6.07, 6.45) is -0.434. The third-order valence-corrected chi connectivity index (χ3v) is 3.30. The Bertz CT molecular complexity index is 289. The van der Waals surface area contributed by atoms with Gasteiger partial charge in [-0.25, -0.2) is 0 Å². The molecule has 0 spiro atoms. The van der Waals surface area contributed by atoms with Crippen LogP contribution in [0, 0.1) is 0 Å². The first-order valence-electron chi connectivity index (χ1n) is 3.61. The maximum Gasteiger partial charge on any atom is 0.114 e. The Morgan fingerprint density at radius 1 is 1.25 bits per heavy atom. The molecule has 1 atom stereocenters. The number of thiophene rings is 2. The van der Waals surface area contributed by atoms with Crippen LogP contribution in [0.4, 0.5) is 0 Å². The normalized spacial score (nSPS) is 13.1. The van der Waals surface area contributed by atoms with E-state index in [4.69, 9.17) is 0 Å². The molecular formula is C9H8OS2. The summed E-state index contributed by atoms with van der Waals surface area (Å²) in [7, 11) is 0. The second kappa shape index (κ2) is 3.39. The SMILES string of the molecule is O[C@@H](c1ccsc1)c1cccs1. The molecule has 0 radical (unpaired) electrons. The summed E-state index contributed by atoms with van der Waals surface area (Å²) in [5.41, 5.74) is 0.988. The lowest BCUT2D eigenvalue weighted by Crippen LogP contribution is -1.93. The molecule has 2 heterocycles. The molecule has 0 saturated carbocycles. The van der Waals surface area contributed by atoms with Gasteiger partial charge in [-0.15, -0.1) is 11.3 Å². The summed E-state index contributed by atoms with van der Waals surface area (Å²) in [5.74, 6) is 0. The first-order chi connectivity index (χ1) is 5.88. The Morgan fingerprint density at radius 2 is 2.17 bits per heavy atom. The summed E-state index contributed by atoms with van der Waals surface area (Å²) >= 11 is 3.19. The van der Waals surface area contributed by atoms with E-state index in [-0.39, 0.29) is 0 Å². The summed E-state index contributed by atoms with van der Waals surface area (Å²) in [4.78, 5) is 1.01. The average Bonchev–Trinajstić information content (AvgIpc) is 2.77. The van der Waals surface area contributed by atoms with Crippen LogP contribution < -0.4 is 0 Å². The Morgan fingerprint density at radius 3 is 2.75 bits per heavy atom. The Kier molecular flexibility index (Phi) is 2.26. The van der Waals surface area contributed by atoms with Crippen molar-refractivity contribution in [3.05, 3.63) is 44.8 Å². The Labute approximate surface area is 78.9 Å². The third kappa shape index (κ3) is 1.43. The lowest BCUT2D eigenvalue weighted by Gasteiger charge is -2.04. The van der Waals surface area contributed by atoms with Gasteiger partial charge in [-0.2, -0.15) is 11.3 Å². The van der Waals surface area contributed by atoms with Gasteiger partial charge in [0, 0.05) is 4.88 Å². The highest BCUT2D eigenvalue weighted by atomic mass is 32.1. The predicted octanol–water partition coefficient (Wildman–Crippen LogP) is 2.89. The molecule has 2 rings (SSSR count). The number of aliphatic hydroxyl groups is 1. The first-order valence-corrected chi connectivity index (χ1v) is 5.44. The summed E-state index contributed by atoms with van der Waals surface area (Å²) in [6, 6.07) is 5.86. The van der Waals surface area contributed by atoms with Crippen LogP contribution >= 0.6 is 22.7 Å². The van der Waals surface area contributed by atoms with Gasteiger partial charge in [-0.1, -0.05) is 6.07 Å². The quantitative estimate of drug-likeness (QED) is 0.783. The van der Waals surface area contributed by atoms with Crippen LogP contribution in [-0.4, -0.2) is 5.11 Å². The Balaban J connectivity index is 2.27. The molecule has 12 heavy (non-hydrogen) atoms. The van der Waals surface area contributed by atoms with E-state index in [1.807, 2.05) is 34.3 Å². The molecule has 0 saturated heterocycles. The minimum absolute atomic E-state index is 0.434. The zero-order valence-electron chi connectivity index (χ0n) is 6.31. The Hall–Kier alpha value is -0.640. The van der Waals surface area contributed by atoms with Crippen LogP contribution in [0.5, 0.6) is 0 Å². The maximum absolute atomic E-state index is 9.79. The highest BCUT2D eigenvalue weighted by Gasteiger charge is 2.10. The molecule has 0 unspecified atom stereocenters. The number of aliphatic hydroxyl groups excluding tert-OH is 1. The number of rotatable bonds is 2. The van der Waals surface area contributed by atoms with E-state index >= 15 is 0 Å². The molecule has 3 heteroatoms. The molecule has 2 aromatic heterocycles. The van der Waals surface area contributed by atoms with Crippen molar-refractivity contribution in [3.8, 4) is 0 Å². The van der Waals surface area contributed by atoms with Crippen LogP contribution in [0.3, 0.4) is 0 Å². The lowest BCUT2D eigenvalue weighted by atomic mass is 10.2. The van der Waals surface area contributed by atoms with E-state index in [1.165, 1.54) is 0 Å². The largest absolute Gasteiger partial charge is 0.383 e. The molecular weight excluding hydrogens is 188 g/mol. The van der Waals surface area contributed by atoms with Crippen molar-refractivity contribution in [1.29, 1.82) is 0 Å². The van der Waals surface area contributed by atoms with Gasteiger partial charge < -0.3 is 5.11 Å². The van der Waals surface area contributed by atoms with E-state index in [0.29, 0.717) is 0 Å². The maximum atomic E-state index is 9.79. The fraction of sp³-hybridized carbons (Fsp3) is 0.111. The second-order valence-electron chi connectivity index (χ2n) is 2.47.